The number of unbranched alkanes of at least 4 members (excludes halogenated alkanes) is 3. The lowest BCUT2D eigenvalue weighted by Crippen LogP contribution is -2.62. The van der Waals surface area contributed by atoms with Crippen molar-refractivity contribution in [2.75, 3.05) is 41.4 Å². The molecule has 1 amide bonds. The zero-order valence-corrected chi connectivity index (χ0v) is 15.1. The number of likely N-dealkylation sites (N-methyl/N-ethyl adjacent to an activating group) is 1. The number of hydrogen-bond acceptors (Lipinski definition) is 7. The van der Waals surface area contributed by atoms with Crippen LogP contribution in [0.2, 0.25) is 0 Å². The van der Waals surface area contributed by atoms with Crippen molar-refractivity contribution in [1.82, 2.24) is 10.2 Å². The van der Waals surface area contributed by atoms with Crippen molar-refractivity contribution >= 4 is 5.91 Å². The van der Waals surface area contributed by atoms with Crippen LogP contribution in [0.3, 0.4) is 0 Å². The third kappa shape index (κ3) is 5.65. The second-order valence-electron chi connectivity index (χ2n) is 6.12. The summed E-state index contributed by atoms with van der Waals surface area (Å²) in [5.41, 5.74) is 0. The second kappa shape index (κ2) is 11.0. The fourth-order valence-electron chi connectivity index (χ4n) is 2.83. The third-order valence-corrected chi connectivity index (χ3v) is 4.34. The molecule has 3 N–H and O–H groups in total. The Bertz CT molecular complexity index is 370. The fraction of sp³-hybridized carbons (Fsp3) is 0.938. The molecular formula is C16H32N2O6. The van der Waals surface area contributed by atoms with Gasteiger partial charge >= 0.3 is 0 Å². The van der Waals surface area contributed by atoms with Gasteiger partial charge in [-0.15, -0.1) is 0 Å². The van der Waals surface area contributed by atoms with Gasteiger partial charge in [-0.3, -0.25) is 4.79 Å². The van der Waals surface area contributed by atoms with Crippen molar-refractivity contribution in [1.29, 1.82) is 0 Å². The van der Waals surface area contributed by atoms with Crippen LogP contribution < -0.4 is 5.32 Å². The number of ether oxygens (including phenoxy) is 3. The Morgan fingerprint density at radius 3 is 2.38 bits per heavy atom. The molecular weight excluding hydrogens is 316 g/mol. The zero-order valence-electron chi connectivity index (χ0n) is 15.1. The van der Waals surface area contributed by atoms with Crippen LogP contribution in [0.4, 0.5) is 0 Å². The molecule has 1 rings (SSSR count). The molecule has 0 radical (unpaired) electrons. The SMILES string of the molecule is CNCCCCCCN(C)C(=O)C1O[C@@H](OC)[C@@H](O)[C@@H](O)[C@@H]1OC. The van der Waals surface area contributed by atoms with Gasteiger partial charge < -0.3 is 34.6 Å². The van der Waals surface area contributed by atoms with Crippen molar-refractivity contribution in [3.8, 4) is 0 Å². The number of nitrogens with one attached hydrogen (secondary N) is 1. The summed E-state index contributed by atoms with van der Waals surface area (Å²) in [6, 6.07) is 0. The number of hydrogen-bond donors (Lipinski definition) is 3. The first-order valence-corrected chi connectivity index (χ1v) is 8.44. The van der Waals surface area contributed by atoms with Gasteiger partial charge in [-0.1, -0.05) is 12.8 Å². The Morgan fingerprint density at radius 1 is 1.12 bits per heavy atom. The van der Waals surface area contributed by atoms with Gasteiger partial charge in [0.15, 0.2) is 12.4 Å². The van der Waals surface area contributed by atoms with Gasteiger partial charge in [-0.05, 0) is 26.4 Å². The molecule has 0 aromatic heterocycles. The first-order valence-electron chi connectivity index (χ1n) is 8.44. The first kappa shape index (κ1) is 21.3. The van der Waals surface area contributed by atoms with E-state index in [0.29, 0.717) is 6.54 Å². The lowest BCUT2D eigenvalue weighted by atomic mass is 9.97. The highest BCUT2D eigenvalue weighted by Gasteiger charge is 2.48. The highest BCUT2D eigenvalue weighted by atomic mass is 16.7. The van der Waals surface area contributed by atoms with E-state index in [1.807, 2.05) is 7.05 Å². The molecule has 1 unspecified atom stereocenters. The van der Waals surface area contributed by atoms with Crippen LogP contribution in [0.5, 0.6) is 0 Å². The van der Waals surface area contributed by atoms with E-state index >= 15 is 0 Å². The summed E-state index contributed by atoms with van der Waals surface area (Å²) < 4.78 is 15.7. The number of amides is 1. The standard InChI is InChI=1S/C16H32N2O6/c1-17-9-7-5-6-8-10-18(2)15(21)14-13(22-3)11(19)12(20)16(23-4)24-14/h11-14,16-17,19-20H,5-10H2,1-4H3/t11-,12+,13+,14?,16-/m1/s1. The number of carbonyl (C=O) groups is 1. The Kier molecular flexibility index (Phi) is 9.72. The molecule has 0 aliphatic carbocycles. The maximum absolute atomic E-state index is 12.6. The fourth-order valence-corrected chi connectivity index (χ4v) is 2.83. The van der Waals surface area contributed by atoms with Crippen molar-refractivity contribution in [3.05, 3.63) is 0 Å². The molecule has 8 nitrogen and oxygen atoms in total. The predicted octanol–water partition coefficient (Wildman–Crippen LogP) is -0.667. The summed E-state index contributed by atoms with van der Waals surface area (Å²) in [6.07, 6.45) is -1.35. The van der Waals surface area contributed by atoms with Crippen molar-refractivity contribution in [3.63, 3.8) is 0 Å². The van der Waals surface area contributed by atoms with Crippen LogP contribution in [0.15, 0.2) is 0 Å². The maximum Gasteiger partial charge on any atom is 0.254 e. The summed E-state index contributed by atoms with van der Waals surface area (Å²) in [5, 5.41) is 23.1. The molecule has 0 bridgehead atoms. The molecule has 5 atom stereocenters. The van der Waals surface area contributed by atoms with Crippen molar-refractivity contribution in [2.24, 2.45) is 0 Å². The smallest absolute Gasteiger partial charge is 0.254 e. The van der Waals surface area contributed by atoms with Crippen LogP contribution in [-0.2, 0) is 19.0 Å². The molecule has 0 spiro atoms. The average Bonchev–Trinajstić information content (AvgIpc) is 2.59. The van der Waals surface area contributed by atoms with Crippen molar-refractivity contribution in [2.45, 2.75) is 56.4 Å². The predicted molar refractivity (Wildman–Crippen MR) is 88.5 cm³/mol. The highest BCUT2D eigenvalue weighted by molar-refractivity contribution is 5.81. The number of carbonyl (C=O) groups excluding carboxylic acids is 1. The normalized spacial score (nSPS) is 30.3. The van der Waals surface area contributed by atoms with Crippen LogP contribution >= 0.6 is 0 Å². The van der Waals surface area contributed by atoms with Gasteiger partial charge in [-0.25, -0.2) is 0 Å². The summed E-state index contributed by atoms with van der Waals surface area (Å²) in [7, 11) is 6.36. The summed E-state index contributed by atoms with van der Waals surface area (Å²) in [5.74, 6) is -0.287. The van der Waals surface area contributed by atoms with Gasteiger partial charge in [0.05, 0.1) is 0 Å². The van der Waals surface area contributed by atoms with E-state index in [4.69, 9.17) is 14.2 Å². The van der Waals surface area contributed by atoms with Gasteiger partial charge in [0.25, 0.3) is 5.91 Å². The van der Waals surface area contributed by atoms with E-state index in [1.165, 1.54) is 14.2 Å². The first-order chi connectivity index (χ1) is 11.5. The quantitative estimate of drug-likeness (QED) is 0.450. The van der Waals surface area contributed by atoms with Crippen molar-refractivity contribution < 1.29 is 29.2 Å². The zero-order chi connectivity index (χ0) is 18.1. The number of rotatable bonds is 10. The Morgan fingerprint density at radius 2 is 1.79 bits per heavy atom. The van der Waals surface area contributed by atoms with E-state index in [9.17, 15) is 15.0 Å². The minimum atomic E-state index is -1.26. The minimum absolute atomic E-state index is 0.287. The van der Waals surface area contributed by atoms with E-state index in [1.54, 1.807) is 11.9 Å². The summed E-state index contributed by atoms with van der Waals surface area (Å²) in [4.78, 5) is 14.2. The molecule has 24 heavy (non-hydrogen) atoms. The third-order valence-electron chi connectivity index (χ3n) is 4.34. The van der Waals surface area contributed by atoms with Gasteiger partial charge in [-0.2, -0.15) is 0 Å². The van der Waals surface area contributed by atoms with Gasteiger partial charge in [0.2, 0.25) is 0 Å². The molecule has 1 saturated heterocycles. The van der Waals surface area contributed by atoms with Gasteiger partial charge in [0, 0.05) is 27.8 Å². The minimum Gasteiger partial charge on any atom is -0.387 e. The summed E-state index contributed by atoms with van der Waals surface area (Å²) in [6.45, 7) is 1.60. The Hall–Kier alpha value is -0.770. The topological polar surface area (TPSA) is 100 Å². The molecule has 1 fully saturated rings. The lowest BCUT2D eigenvalue weighted by Gasteiger charge is -2.41. The Labute approximate surface area is 144 Å². The molecule has 1 aliphatic heterocycles. The second-order valence-corrected chi connectivity index (χ2v) is 6.12. The van der Waals surface area contributed by atoms with Crippen LogP contribution in [-0.4, -0.2) is 93.1 Å². The Balaban J connectivity index is 2.53. The molecule has 1 aliphatic rings. The molecule has 1 heterocycles. The van der Waals surface area contributed by atoms with Crippen LogP contribution in [0.1, 0.15) is 25.7 Å². The molecule has 0 aromatic carbocycles. The van der Waals surface area contributed by atoms with Crippen LogP contribution in [0, 0.1) is 0 Å². The average molecular weight is 348 g/mol. The largest absolute Gasteiger partial charge is 0.387 e. The summed E-state index contributed by atoms with van der Waals surface area (Å²) >= 11 is 0. The number of aliphatic hydroxyl groups excluding tert-OH is 2. The monoisotopic (exact) mass is 348 g/mol. The van der Waals surface area contributed by atoms with E-state index in [-0.39, 0.29) is 5.91 Å². The number of aliphatic hydroxyl groups is 2. The van der Waals surface area contributed by atoms with E-state index < -0.39 is 30.7 Å². The maximum atomic E-state index is 12.6. The number of nitrogens with zero attached hydrogens (tertiary/aromatic N) is 1. The molecule has 0 aromatic rings. The van der Waals surface area contributed by atoms with E-state index in [2.05, 4.69) is 5.32 Å². The van der Waals surface area contributed by atoms with E-state index in [0.717, 1.165) is 32.2 Å². The molecule has 0 saturated carbocycles. The van der Waals surface area contributed by atoms with Crippen LogP contribution in [0.25, 0.3) is 0 Å². The number of methoxy groups -OCH3 is 2. The molecule has 8 heteroatoms. The molecule has 142 valence electrons. The van der Waals surface area contributed by atoms with Gasteiger partial charge in [0.1, 0.15) is 18.3 Å². The lowest BCUT2D eigenvalue weighted by molar-refractivity contribution is -0.289. The highest BCUT2D eigenvalue weighted by Crippen LogP contribution is 2.25.